The van der Waals surface area contributed by atoms with E-state index in [2.05, 4.69) is 134 Å². The van der Waals surface area contributed by atoms with Gasteiger partial charge in [0, 0.05) is 11.4 Å². The number of benzene rings is 2. The van der Waals surface area contributed by atoms with E-state index >= 15 is 0 Å². The van der Waals surface area contributed by atoms with Gasteiger partial charge in [0.05, 0.1) is 0 Å². The average molecular weight is 582 g/mol. The second-order valence-electron chi connectivity index (χ2n) is 9.42. The van der Waals surface area contributed by atoms with Crippen molar-refractivity contribution in [1.82, 2.24) is 0 Å². The molecule has 0 unspecified atom stereocenters. The van der Waals surface area contributed by atoms with Gasteiger partial charge in [-0.2, -0.15) is 0 Å². The standard InChI is InChI=1S/C27H37N2.2CHO.CH3.Cu.Fe/c1-18(2)22-11-9-12-23(19(3)4)26(22)28-15-16-29(17-28)27-24(20(5)6)13-10-14-25(27)21(7)8;2*1-2;;;/h9-21H,1-8H3;2*1H;1H3;;/q4*-1;+1;+3. The Kier molecular flexibility index (Phi) is 19.8. The first kappa shape index (κ1) is 38.7. The molecule has 0 spiro atoms. The maximum Gasteiger partial charge on any atom is 3.00 e. The molecular weight excluding hydrogens is 540 g/mol. The van der Waals surface area contributed by atoms with Crippen molar-refractivity contribution in [1.29, 1.82) is 0 Å². The van der Waals surface area contributed by atoms with Gasteiger partial charge in [-0.25, -0.2) is 0 Å². The SMILES string of the molecule is CC(C)c1cccc(C(C)C)c1N1C=CN(c2c(C(C)C)cccc2C(C)C)[CH-]1.[CH-]=O.[CH-]=O.[CH3-].[Cu+].[Fe+3]. The molecule has 0 fully saturated rings. The predicted molar refractivity (Wildman–Crippen MR) is 148 cm³/mol. The maximum atomic E-state index is 7.75. The Hall–Kier alpha value is -1.84. The molecule has 203 valence electrons. The Labute approximate surface area is 241 Å². The van der Waals surface area contributed by atoms with Crippen LogP contribution < -0.4 is 9.80 Å². The monoisotopic (exact) mass is 581 g/mol. The van der Waals surface area contributed by atoms with Crippen molar-refractivity contribution in [3.8, 4) is 0 Å². The molecule has 2 aromatic carbocycles. The smallest absolute Gasteiger partial charge is 0.545 e. The van der Waals surface area contributed by atoms with Crippen LogP contribution in [0.15, 0.2) is 48.8 Å². The quantitative estimate of drug-likeness (QED) is 0.197. The van der Waals surface area contributed by atoms with Crippen molar-refractivity contribution >= 4 is 25.0 Å². The number of para-hydroxylation sites is 2. The summed E-state index contributed by atoms with van der Waals surface area (Å²) >= 11 is 0. The first-order chi connectivity index (χ1) is 15.7. The molecule has 0 atom stereocenters. The molecule has 4 nitrogen and oxygen atoms in total. The van der Waals surface area contributed by atoms with Crippen LogP contribution >= 0.6 is 0 Å². The normalized spacial score (nSPS) is 11.8. The molecule has 0 aliphatic carbocycles. The molecule has 0 amide bonds. The number of rotatable bonds is 6. The van der Waals surface area contributed by atoms with E-state index in [0.29, 0.717) is 23.7 Å². The third kappa shape index (κ3) is 8.92. The predicted octanol–water partition coefficient (Wildman–Crippen LogP) is 7.99. The van der Waals surface area contributed by atoms with Gasteiger partial charge in [0.2, 0.25) is 0 Å². The summed E-state index contributed by atoms with van der Waals surface area (Å²) in [6.07, 6.45) is 4.43. The van der Waals surface area contributed by atoms with Crippen LogP contribution in [0.3, 0.4) is 0 Å². The van der Waals surface area contributed by atoms with Crippen molar-refractivity contribution in [3.05, 3.63) is 85.1 Å². The zero-order valence-corrected chi connectivity index (χ0v) is 25.1. The van der Waals surface area contributed by atoms with Crippen LogP contribution in [0.1, 0.15) is 101 Å². The Balaban J connectivity index is -0.00000148. The van der Waals surface area contributed by atoms with Crippen LogP contribution in [0.4, 0.5) is 11.4 Å². The molecule has 0 N–H and O–H groups in total. The van der Waals surface area contributed by atoms with Crippen molar-refractivity contribution in [2.24, 2.45) is 0 Å². The van der Waals surface area contributed by atoms with Crippen molar-refractivity contribution in [2.45, 2.75) is 79.1 Å². The van der Waals surface area contributed by atoms with E-state index in [0.717, 1.165) is 0 Å². The third-order valence-corrected chi connectivity index (χ3v) is 5.84. The Morgan fingerprint density at radius 3 is 1.00 bits per heavy atom. The molecule has 3 rings (SSSR count). The molecule has 1 radical (unpaired) electrons. The maximum absolute atomic E-state index is 7.75. The van der Waals surface area contributed by atoms with E-state index in [1.165, 1.54) is 33.6 Å². The molecule has 1 aliphatic heterocycles. The summed E-state index contributed by atoms with van der Waals surface area (Å²) in [6, 6.07) is 13.5. The fourth-order valence-corrected chi connectivity index (χ4v) is 4.24. The molecule has 2 aromatic rings. The molecule has 1 heterocycles. The Morgan fingerprint density at radius 2 is 0.806 bits per heavy atom. The van der Waals surface area contributed by atoms with Crippen molar-refractivity contribution < 1.29 is 43.7 Å². The minimum atomic E-state index is 0. The minimum Gasteiger partial charge on any atom is -0.545 e. The summed E-state index contributed by atoms with van der Waals surface area (Å²) < 4.78 is 0. The molecule has 1 aliphatic rings. The first-order valence-corrected chi connectivity index (χ1v) is 11.5. The Morgan fingerprint density at radius 1 is 0.583 bits per heavy atom. The number of hydrogen-bond acceptors (Lipinski definition) is 4. The second kappa shape index (κ2) is 18.4. The van der Waals surface area contributed by atoms with Crippen LogP contribution in [0.25, 0.3) is 0 Å². The summed E-state index contributed by atoms with van der Waals surface area (Å²) in [5.41, 5.74) is 8.29. The average Bonchev–Trinajstić information content (AvgIpc) is 3.30. The summed E-state index contributed by atoms with van der Waals surface area (Å²) in [5, 5.41) is 0. The van der Waals surface area contributed by atoms with E-state index in [9.17, 15) is 0 Å². The van der Waals surface area contributed by atoms with Gasteiger partial charge in [-0.05, 0) is 58.3 Å². The molecular formula is C30H42CuFeN2O2. The van der Waals surface area contributed by atoms with Gasteiger partial charge in [0.25, 0.3) is 0 Å². The molecule has 0 bridgehead atoms. The number of carbonyl (C=O) groups excluding carboxylic acids is 2. The summed E-state index contributed by atoms with van der Waals surface area (Å²) in [4.78, 5) is 20.2. The van der Waals surface area contributed by atoms with E-state index in [1.54, 1.807) is 0 Å². The molecule has 0 saturated heterocycles. The Bertz CT molecular complexity index is 803. The van der Waals surface area contributed by atoms with E-state index in [-0.39, 0.29) is 41.6 Å². The van der Waals surface area contributed by atoms with Crippen LogP contribution in [-0.4, -0.2) is 13.6 Å². The fraction of sp³-hybridized carbons (Fsp3) is 0.400. The molecule has 0 saturated carbocycles. The van der Waals surface area contributed by atoms with Gasteiger partial charge in [-0.15, -0.1) is 6.67 Å². The van der Waals surface area contributed by atoms with Gasteiger partial charge >= 0.3 is 34.1 Å². The third-order valence-electron chi connectivity index (χ3n) is 5.84. The van der Waals surface area contributed by atoms with Crippen LogP contribution in [0, 0.1) is 14.1 Å². The first-order valence-electron chi connectivity index (χ1n) is 11.5. The molecule has 6 heteroatoms. The number of hydrogen-bond donors (Lipinski definition) is 0. The molecule has 0 aromatic heterocycles. The van der Waals surface area contributed by atoms with E-state index < -0.39 is 0 Å². The topological polar surface area (TPSA) is 40.6 Å². The largest absolute Gasteiger partial charge is 3.00 e. The zero-order valence-electron chi connectivity index (χ0n) is 23.0. The van der Waals surface area contributed by atoms with E-state index in [1.807, 2.05) is 0 Å². The summed E-state index contributed by atoms with van der Waals surface area (Å²) in [7, 11) is 0. The van der Waals surface area contributed by atoms with Crippen LogP contribution in [0.2, 0.25) is 0 Å². The molecule has 36 heavy (non-hydrogen) atoms. The minimum absolute atomic E-state index is 0. The van der Waals surface area contributed by atoms with Crippen molar-refractivity contribution in [2.75, 3.05) is 9.80 Å². The van der Waals surface area contributed by atoms with Gasteiger partial charge in [0.1, 0.15) is 0 Å². The zero-order chi connectivity index (χ0) is 25.3. The van der Waals surface area contributed by atoms with Gasteiger partial charge in [-0.1, -0.05) is 91.8 Å². The summed E-state index contributed by atoms with van der Waals surface area (Å²) in [5.74, 6) is 1.92. The second-order valence-corrected chi connectivity index (χ2v) is 9.42. The van der Waals surface area contributed by atoms with Gasteiger partial charge < -0.3 is 26.8 Å². The van der Waals surface area contributed by atoms with Gasteiger partial charge in [0.15, 0.2) is 0 Å². The van der Waals surface area contributed by atoms with E-state index in [4.69, 9.17) is 9.59 Å². The summed E-state index contributed by atoms with van der Waals surface area (Å²) in [6.45, 7) is 27.0. The number of anilines is 2. The van der Waals surface area contributed by atoms with Crippen LogP contribution in [-0.2, 0) is 43.7 Å². The van der Waals surface area contributed by atoms with Crippen LogP contribution in [0.5, 0.6) is 0 Å². The van der Waals surface area contributed by atoms with Gasteiger partial charge in [-0.3, -0.25) is 13.6 Å². The number of nitrogens with zero attached hydrogens (tertiary/aromatic N) is 2. The fourth-order valence-electron chi connectivity index (χ4n) is 4.24. The van der Waals surface area contributed by atoms with Crippen molar-refractivity contribution in [3.63, 3.8) is 0 Å².